The van der Waals surface area contributed by atoms with Gasteiger partial charge in [0, 0.05) is 17.6 Å². The van der Waals surface area contributed by atoms with Gasteiger partial charge in [-0.3, -0.25) is 4.79 Å². The minimum absolute atomic E-state index is 0.00140. The molecule has 33 heavy (non-hydrogen) atoms. The molecule has 2 heterocycles. The van der Waals surface area contributed by atoms with Crippen LogP contribution in [0, 0.1) is 12.7 Å². The molecular formula is C23H27F3N4O3. The number of anilines is 1. The average molecular weight is 464 g/mol. The molecular weight excluding hydrogens is 437 g/mol. The molecule has 178 valence electrons. The third-order valence-corrected chi connectivity index (χ3v) is 6.01. The summed E-state index contributed by atoms with van der Waals surface area (Å²) in [5, 5.41) is 6.07. The lowest BCUT2D eigenvalue weighted by Gasteiger charge is -2.39. The predicted octanol–water partition coefficient (Wildman–Crippen LogP) is 4.12. The van der Waals surface area contributed by atoms with E-state index < -0.39 is 24.1 Å². The summed E-state index contributed by atoms with van der Waals surface area (Å²) in [6, 6.07) is 3.87. The zero-order valence-corrected chi connectivity index (χ0v) is 18.6. The summed E-state index contributed by atoms with van der Waals surface area (Å²) in [6.45, 7) is 4.34. The van der Waals surface area contributed by atoms with Gasteiger partial charge in [0.05, 0.1) is 36.5 Å². The van der Waals surface area contributed by atoms with Crippen molar-refractivity contribution in [2.45, 2.75) is 64.3 Å². The maximum absolute atomic E-state index is 14.5. The van der Waals surface area contributed by atoms with Gasteiger partial charge in [0.2, 0.25) is 5.91 Å². The fraction of sp³-hybridized carbons (Fsp3) is 0.522. The molecule has 0 radical (unpaired) electrons. The molecule has 1 aliphatic carbocycles. The molecule has 2 aromatic rings. The van der Waals surface area contributed by atoms with E-state index in [1.54, 1.807) is 6.92 Å². The molecule has 0 bridgehead atoms. The van der Waals surface area contributed by atoms with Gasteiger partial charge in [0.15, 0.2) is 6.29 Å². The highest BCUT2D eigenvalue weighted by molar-refractivity contribution is 5.79. The minimum Gasteiger partial charge on any atom is -0.365 e. The lowest BCUT2D eigenvalue weighted by Crippen LogP contribution is -2.51. The van der Waals surface area contributed by atoms with E-state index in [1.807, 2.05) is 6.92 Å². The van der Waals surface area contributed by atoms with Gasteiger partial charge in [-0.2, -0.15) is 0 Å². The van der Waals surface area contributed by atoms with Crippen molar-refractivity contribution < 1.29 is 27.4 Å². The molecule has 2 N–H and O–H groups in total. The Bertz CT molecular complexity index is 1020. The van der Waals surface area contributed by atoms with Crippen LogP contribution in [0.25, 0.3) is 0 Å². The van der Waals surface area contributed by atoms with Gasteiger partial charge < -0.3 is 20.1 Å². The second kappa shape index (κ2) is 9.64. The summed E-state index contributed by atoms with van der Waals surface area (Å²) in [4.78, 5) is 21.6. The highest BCUT2D eigenvalue weighted by atomic mass is 19.3. The number of hydrogen-bond donors (Lipinski definition) is 2. The van der Waals surface area contributed by atoms with E-state index in [4.69, 9.17) is 9.47 Å². The lowest BCUT2D eigenvalue weighted by atomic mass is 9.78. The number of ether oxygens (including phenoxy) is 2. The molecule has 0 unspecified atom stereocenters. The number of halogens is 3. The van der Waals surface area contributed by atoms with Crippen LogP contribution in [0.1, 0.15) is 67.1 Å². The summed E-state index contributed by atoms with van der Waals surface area (Å²) >= 11 is 0. The number of carbonyl (C=O) groups excluding carboxylic acids is 1. The maximum atomic E-state index is 14.5. The number of amides is 1. The Kier molecular flexibility index (Phi) is 6.85. The summed E-state index contributed by atoms with van der Waals surface area (Å²) in [6.07, 6.45) is -0.757. The van der Waals surface area contributed by atoms with Crippen molar-refractivity contribution in [3.05, 3.63) is 52.2 Å². The summed E-state index contributed by atoms with van der Waals surface area (Å²) < 4.78 is 51.9. The smallest absolute Gasteiger partial charge is 0.266 e. The lowest BCUT2D eigenvalue weighted by molar-refractivity contribution is -0.123. The highest BCUT2D eigenvalue weighted by Gasteiger charge is 2.34. The second-order valence-corrected chi connectivity index (χ2v) is 8.67. The second-order valence-electron chi connectivity index (χ2n) is 8.67. The number of aromatic nitrogens is 2. The van der Waals surface area contributed by atoms with E-state index >= 15 is 0 Å². The van der Waals surface area contributed by atoms with E-state index in [-0.39, 0.29) is 30.0 Å². The first-order valence-corrected chi connectivity index (χ1v) is 11.0. The number of rotatable bonds is 8. The normalized spacial score (nSPS) is 17.8. The molecule has 1 saturated carbocycles. The van der Waals surface area contributed by atoms with Gasteiger partial charge >= 0.3 is 0 Å². The number of benzene rings is 1. The van der Waals surface area contributed by atoms with Crippen molar-refractivity contribution in [1.82, 2.24) is 15.3 Å². The molecule has 1 aromatic carbocycles. The summed E-state index contributed by atoms with van der Waals surface area (Å²) in [5.41, 5.74) is 0.114. The number of nitrogens with zero attached hydrogens (tertiary/aromatic N) is 2. The molecule has 1 saturated heterocycles. The van der Waals surface area contributed by atoms with Crippen LogP contribution >= 0.6 is 0 Å². The topological polar surface area (TPSA) is 85.4 Å². The van der Waals surface area contributed by atoms with Crippen LogP contribution in [-0.2, 0) is 27.2 Å². The van der Waals surface area contributed by atoms with Crippen molar-refractivity contribution in [2.24, 2.45) is 0 Å². The van der Waals surface area contributed by atoms with E-state index in [9.17, 15) is 18.0 Å². The average Bonchev–Trinajstić information content (AvgIpc) is 3.25. The predicted molar refractivity (Wildman–Crippen MR) is 114 cm³/mol. The number of carbonyl (C=O) groups is 1. The molecule has 10 heteroatoms. The summed E-state index contributed by atoms with van der Waals surface area (Å²) in [5.74, 6) is -0.419. The minimum atomic E-state index is -2.91. The van der Waals surface area contributed by atoms with Gasteiger partial charge in [0.25, 0.3) is 6.43 Å². The Labute approximate surface area is 190 Å². The first-order chi connectivity index (χ1) is 15.8. The molecule has 7 nitrogen and oxygen atoms in total. The van der Waals surface area contributed by atoms with Crippen LogP contribution in [0.15, 0.2) is 18.2 Å². The molecule has 1 aromatic heterocycles. The Balaban J connectivity index is 1.60. The number of aryl methyl sites for hydroxylation is 1. The quantitative estimate of drug-likeness (QED) is 0.611. The van der Waals surface area contributed by atoms with Crippen LogP contribution in [0.5, 0.6) is 0 Å². The third-order valence-electron chi connectivity index (χ3n) is 6.01. The Hall–Kier alpha value is -2.72. The fourth-order valence-corrected chi connectivity index (χ4v) is 4.13. The maximum Gasteiger partial charge on any atom is 0.266 e. The van der Waals surface area contributed by atoms with Crippen LogP contribution in [0.3, 0.4) is 0 Å². The molecule has 0 spiro atoms. The number of hydrogen-bond acceptors (Lipinski definition) is 6. The molecule has 1 aliphatic heterocycles. The van der Waals surface area contributed by atoms with Crippen molar-refractivity contribution in [3.63, 3.8) is 0 Å². The van der Waals surface area contributed by atoms with E-state index in [0.717, 1.165) is 25.3 Å². The third kappa shape index (κ3) is 5.27. The SMILES string of the molecule is Cc1nc(CC(=O)NC2(C)CCC2)c(C2OCCO2)c(NCc2cccc(C(F)F)c2F)n1. The largest absolute Gasteiger partial charge is 0.365 e. The number of alkyl halides is 2. The van der Waals surface area contributed by atoms with Crippen LogP contribution in [-0.4, -0.2) is 34.6 Å². The fourth-order valence-electron chi connectivity index (χ4n) is 4.13. The van der Waals surface area contributed by atoms with Crippen LogP contribution < -0.4 is 10.6 Å². The Morgan fingerprint density at radius 2 is 1.97 bits per heavy atom. The Morgan fingerprint density at radius 1 is 1.24 bits per heavy atom. The zero-order chi connectivity index (χ0) is 23.6. The van der Waals surface area contributed by atoms with E-state index in [1.165, 1.54) is 12.1 Å². The molecule has 1 amide bonds. The van der Waals surface area contributed by atoms with Gasteiger partial charge in [-0.05, 0) is 33.1 Å². The van der Waals surface area contributed by atoms with Crippen molar-refractivity contribution in [1.29, 1.82) is 0 Å². The van der Waals surface area contributed by atoms with Crippen molar-refractivity contribution >= 4 is 11.7 Å². The van der Waals surface area contributed by atoms with E-state index in [2.05, 4.69) is 20.6 Å². The number of nitrogens with one attached hydrogen (secondary N) is 2. The van der Waals surface area contributed by atoms with Gasteiger partial charge in [-0.15, -0.1) is 0 Å². The van der Waals surface area contributed by atoms with Gasteiger partial charge in [-0.25, -0.2) is 23.1 Å². The molecule has 4 rings (SSSR count). The van der Waals surface area contributed by atoms with Crippen LogP contribution in [0.2, 0.25) is 0 Å². The van der Waals surface area contributed by atoms with Gasteiger partial charge in [-0.1, -0.05) is 18.2 Å². The zero-order valence-electron chi connectivity index (χ0n) is 18.6. The van der Waals surface area contributed by atoms with Crippen molar-refractivity contribution in [2.75, 3.05) is 18.5 Å². The van der Waals surface area contributed by atoms with E-state index in [0.29, 0.717) is 36.1 Å². The standard InChI is InChI=1S/C23H27F3N4O3/c1-13-28-16(11-17(31)30-23(2)7-4-8-23)18(22-32-9-10-33-22)21(29-13)27-12-14-5-3-6-15(19(14)24)20(25)26/h3,5-6,20,22H,4,7-12H2,1-2H3,(H,30,31)(H,27,28,29). The molecule has 2 fully saturated rings. The summed E-state index contributed by atoms with van der Waals surface area (Å²) in [7, 11) is 0. The molecule has 2 aliphatic rings. The first-order valence-electron chi connectivity index (χ1n) is 11.0. The Morgan fingerprint density at radius 3 is 2.61 bits per heavy atom. The molecule has 0 atom stereocenters. The highest BCUT2D eigenvalue weighted by Crippen LogP contribution is 2.34. The monoisotopic (exact) mass is 464 g/mol. The van der Waals surface area contributed by atoms with Gasteiger partial charge in [0.1, 0.15) is 17.5 Å². The van der Waals surface area contributed by atoms with Crippen molar-refractivity contribution in [3.8, 4) is 0 Å². The van der Waals surface area contributed by atoms with Crippen LogP contribution in [0.4, 0.5) is 19.0 Å². The first kappa shape index (κ1) is 23.4.